The van der Waals surface area contributed by atoms with Crippen molar-refractivity contribution < 1.29 is 5.11 Å². The van der Waals surface area contributed by atoms with Crippen LogP contribution in [0.15, 0.2) is 84.0 Å². The summed E-state index contributed by atoms with van der Waals surface area (Å²) in [6.45, 7) is 22.9. The number of fused-ring (bicyclic) bond motifs is 4. The van der Waals surface area contributed by atoms with Gasteiger partial charge < -0.3 is 20.0 Å². The Morgan fingerprint density at radius 1 is 0.944 bits per heavy atom. The Bertz CT molecular complexity index is 2640. The van der Waals surface area contributed by atoms with E-state index in [9.17, 15) is 5.11 Å². The van der Waals surface area contributed by atoms with Gasteiger partial charge in [0.15, 0.2) is 5.82 Å². The predicted molar refractivity (Wildman–Crippen MR) is 220 cm³/mol. The van der Waals surface area contributed by atoms with Gasteiger partial charge in [-0.25, -0.2) is 15.0 Å². The van der Waals surface area contributed by atoms with Crippen LogP contribution in [0.1, 0.15) is 54.0 Å². The molecule has 12 heteroatoms. The maximum absolute atomic E-state index is 11.3. The number of hydrogen-bond acceptors (Lipinski definition) is 8. The summed E-state index contributed by atoms with van der Waals surface area (Å²) in [4.78, 5) is 19.1. The summed E-state index contributed by atoms with van der Waals surface area (Å²) < 4.78 is 8.09. The van der Waals surface area contributed by atoms with Crippen molar-refractivity contribution in [2.45, 2.75) is 66.8 Å². The van der Waals surface area contributed by atoms with E-state index < -0.39 is 0 Å². The van der Waals surface area contributed by atoms with E-state index >= 15 is 0 Å². The Morgan fingerprint density at radius 3 is 2.46 bits per heavy atom. The summed E-state index contributed by atoms with van der Waals surface area (Å²) in [5, 5.41) is 23.3. The van der Waals surface area contributed by atoms with Crippen LogP contribution in [0.2, 0.25) is 0 Å². The fourth-order valence-corrected chi connectivity index (χ4v) is 7.20. The quantitative estimate of drug-likeness (QED) is 0.0859. The lowest BCUT2D eigenvalue weighted by Gasteiger charge is -2.09. The molecule has 7 rings (SSSR count). The van der Waals surface area contributed by atoms with Crippen molar-refractivity contribution in [1.29, 1.82) is 0 Å². The molecule has 0 fully saturated rings. The minimum Gasteiger partial charge on any atom is -0.506 e. The third-order valence-electron chi connectivity index (χ3n) is 9.69. The number of nitrogens with zero attached hydrogens (tertiary/aromatic N) is 10. The summed E-state index contributed by atoms with van der Waals surface area (Å²) in [5.74, 6) is 1.34. The van der Waals surface area contributed by atoms with Crippen molar-refractivity contribution in [2.24, 2.45) is 15.7 Å². The number of phenols is 1. The SMILES string of the molecule is C=Cc1ccc2c(c1)c1cnc(-c3cc(C)nn3CC)nc1n2C/C=C/CCn1c(N=C)c(/C=N\Cc2cc(C)nn2CC)c2cc(C(=C)N)cc(O)c21. The molecule has 7 aromatic rings. The third kappa shape index (κ3) is 6.51. The summed E-state index contributed by atoms with van der Waals surface area (Å²) >= 11 is 0. The topological polar surface area (TPSA) is 142 Å². The molecule has 0 amide bonds. The third-order valence-corrected chi connectivity index (χ3v) is 9.69. The maximum atomic E-state index is 11.3. The Morgan fingerprint density at radius 2 is 1.72 bits per heavy atom. The molecule has 5 aromatic heterocycles. The van der Waals surface area contributed by atoms with E-state index in [4.69, 9.17) is 20.7 Å². The number of aryl methyl sites for hydroxylation is 5. The lowest BCUT2D eigenvalue weighted by molar-refractivity contribution is 0.477. The van der Waals surface area contributed by atoms with Gasteiger partial charge in [0.25, 0.3) is 0 Å². The van der Waals surface area contributed by atoms with Gasteiger partial charge in [-0.3, -0.25) is 14.4 Å². The van der Waals surface area contributed by atoms with E-state index in [0.717, 1.165) is 74.3 Å². The Kier molecular flexibility index (Phi) is 9.83. The molecule has 0 radical (unpaired) electrons. The summed E-state index contributed by atoms with van der Waals surface area (Å²) in [6.07, 6.45) is 10.5. The van der Waals surface area contributed by atoms with Crippen LogP contribution in [0, 0.1) is 13.8 Å². The first kappa shape index (κ1) is 35.8. The molecule has 0 saturated carbocycles. The van der Waals surface area contributed by atoms with E-state index in [2.05, 4.69) is 83.8 Å². The molecule has 2 aromatic carbocycles. The number of benzene rings is 2. The first-order chi connectivity index (χ1) is 26.1. The number of hydrogen-bond donors (Lipinski definition) is 2. The zero-order valence-electron chi connectivity index (χ0n) is 31.3. The van der Waals surface area contributed by atoms with Gasteiger partial charge in [0, 0.05) is 71.6 Å². The molecule has 0 bridgehead atoms. The summed E-state index contributed by atoms with van der Waals surface area (Å²) in [7, 11) is 0. The van der Waals surface area contributed by atoms with Crippen molar-refractivity contribution in [1.82, 2.24) is 38.7 Å². The zero-order valence-corrected chi connectivity index (χ0v) is 31.3. The number of aliphatic imine (C=N–C) groups is 2. The molecule has 12 nitrogen and oxygen atoms in total. The van der Waals surface area contributed by atoms with E-state index in [-0.39, 0.29) is 5.75 Å². The maximum Gasteiger partial charge on any atom is 0.179 e. The number of aromatic nitrogens is 8. The average Bonchev–Trinajstić information content (AvgIpc) is 3.91. The fraction of sp³-hybridized carbons (Fsp3) is 0.238. The Labute approximate surface area is 314 Å². The van der Waals surface area contributed by atoms with Crippen molar-refractivity contribution >= 4 is 63.4 Å². The van der Waals surface area contributed by atoms with Crippen molar-refractivity contribution in [3.8, 4) is 17.3 Å². The Balaban J connectivity index is 1.21. The van der Waals surface area contributed by atoms with Gasteiger partial charge in [0.1, 0.15) is 22.9 Å². The highest BCUT2D eigenvalue weighted by Crippen LogP contribution is 2.38. The lowest BCUT2D eigenvalue weighted by Crippen LogP contribution is -2.03. The number of phenolic OH excluding ortho intramolecular Hbond substituents is 1. The number of nitrogens with two attached hydrogens (primary N) is 1. The molecule has 0 aliphatic carbocycles. The normalized spacial score (nSPS) is 12.0. The van der Waals surface area contributed by atoms with Crippen LogP contribution in [-0.4, -0.2) is 56.7 Å². The van der Waals surface area contributed by atoms with Crippen LogP contribution in [0.3, 0.4) is 0 Å². The minimum absolute atomic E-state index is 0.0848. The van der Waals surface area contributed by atoms with Gasteiger partial charge in [-0.2, -0.15) is 10.2 Å². The second kappa shape index (κ2) is 14.8. The van der Waals surface area contributed by atoms with Crippen LogP contribution < -0.4 is 5.73 Å². The highest BCUT2D eigenvalue weighted by atomic mass is 16.3. The van der Waals surface area contributed by atoms with Gasteiger partial charge in [-0.15, -0.1) is 0 Å². The minimum atomic E-state index is 0.0848. The first-order valence-electron chi connectivity index (χ1n) is 18.1. The summed E-state index contributed by atoms with van der Waals surface area (Å²) in [5.41, 5.74) is 15.2. The molecule has 0 unspecified atom stereocenters. The highest BCUT2D eigenvalue weighted by molar-refractivity contribution is 6.08. The van der Waals surface area contributed by atoms with Gasteiger partial charge in [-0.1, -0.05) is 37.5 Å². The smallest absolute Gasteiger partial charge is 0.179 e. The summed E-state index contributed by atoms with van der Waals surface area (Å²) in [6, 6.07) is 13.9. The molecule has 274 valence electrons. The molecule has 0 atom stereocenters. The van der Waals surface area contributed by atoms with Crippen LogP contribution in [-0.2, 0) is 32.7 Å². The van der Waals surface area contributed by atoms with Gasteiger partial charge in [0.05, 0.1) is 34.7 Å². The zero-order chi connectivity index (χ0) is 38.1. The second-order valence-corrected chi connectivity index (χ2v) is 13.3. The number of allylic oxidation sites excluding steroid dienone is 2. The van der Waals surface area contributed by atoms with Crippen molar-refractivity contribution in [2.75, 3.05) is 0 Å². The van der Waals surface area contributed by atoms with Crippen molar-refractivity contribution in [3.63, 3.8) is 0 Å². The molecular weight excluding hydrogens is 675 g/mol. The van der Waals surface area contributed by atoms with Crippen LogP contribution in [0.4, 0.5) is 5.82 Å². The Hall–Kier alpha value is -6.56. The van der Waals surface area contributed by atoms with Gasteiger partial charge in [-0.05, 0) is 82.8 Å². The van der Waals surface area contributed by atoms with Gasteiger partial charge >= 0.3 is 0 Å². The molecule has 0 saturated heterocycles. The molecule has 0 aliphatic rings. The first-order valence-corrected chi connectivity index (χ1v) is 18.1. The number of aromatic hydroxyl groups is 1. The predicted octanol–water partition coefficient (Wildman–Crippen LogP) is 8.13. The fourth-order valence-electron chi connectivity index (χ4n) is 7.20. The monoisotopic (exact) mass is 719 g/mol. The number of rotatable bonds is 14. The molecule has 54 heavy (non-hydrogen) atoms. The average molecular weight is 720 g/mol. The largest absolute Gasteiger partial charge is 0.506 e. The molecule has 0 aliphatic heterocycles. The van der Waals surface area contributed by atoms with Crippen LogP contribution >= 0.6 is 0 Å². The lowest BCUT2D eigenvalue weighted by atomic mass is 10.1. The van der Waals surface area contributed by atoms with Crippen LogP contribution in [0.5, 0.6) is 5.75 Å². The second-order valence-electron chi connectivity index (χ2n) is 13.3. The van der Waals surface area contributed by atoms with Crippen LogP contribution in [0.25, 0.3) is 56.1 Å². The molecule has 5 heterocycles. The molecule has 0 spiro atoms. The van der Waals surface area contributed by atoms with E-state index in [0.29, 0.717) is 54.5 Å². The highest BCUT2D eigenvalue weighted by Gasteiger charge is 2.20. The standard InChI is InChI=1S/C42H45N11O/c1-8-29-14-15-36-32(20-29)35-25-46-40(37-19-27(5)49-53(37)10-3)47-42(35)50(36)16-12-11-13-17-51-39-33(21-30(28(6)43)22-38(39)54)34(41(51)44-7)24-45-23-31-18-26(4)48-52(31)9-2/h8,11-12,14-15,18-22,24-25,54H,1,6-7,9-10,13,16-17,23,43H2,2-5H3/b12-11+,45-24-. The van der Waals surface area contributed by atoms with E-state index in [1.807, 2.05) is 58.3 Å². The van der Waals surface area contributed by atoms with E-state index in [1.165, 1.54) is 0 Å². The molecular formula is C42H45N11O. The van der Waals surface area contributed by atoms with Gasteiger partial charge in [0.2, 0.25) is 0 Å². The van der Waals surface area contributed by atoms with E-state index in [1.54, 1.807) is 12.3 Å². The van der Waals surface area contributed by atoms with Crippen molar-refractivity contribution in [3.05, 3.63) is 108 Å². The molecule has 3 N–H and O–H groups in total.